The zero-order chi connectivity index (χ0) is 43.0. The van der Waals surface area contributed by atoms with Crippen LogP contribution in [0.15, 0.2) is 224 Å². The lowest BCUT2D eigenvalue weighted by Crippen LogP contribution is -1.94. The number of rotatable bonds is 3. The second-order valence-electron chi connectivity index (χ2n) is 17.9. The third-order valence-corrected chi connectivity index (χ3v) is 15.7. The first-order valence-electron chi connectivity index (χ1n) is 22.8. The van der Waals surface area contributed by atoms with Gasteiger partial charge in [-0.1, -0.05) is 170 Å². The summed E-state index contributed by atoms with van der Waals surface area (Å²) in [5, 5.41) is 23.2. The molecule has 0 bridgehead atoms. The van der Waals surface area contributed by atoms with Crippen molar-refractivity contribution in [2.24, 2.45) is 0 Å². The first-order chi connectivity index (χ1) is 32.7. The summed E-state index contributed by atoms with van der Waals surface area (Å²) in [6.45, 7) is 0. The molecule has 304 valence electrons. The molecular weight excluding hydrogens is 815 g/mol. The molecule has 0 aliphatic carbocycles. The molecule has 0 saturated carbocycles. The van der Waals surface area contributed by atoms with Gasteiger partial charge in [0.05, 0.1) is 11.0 Å². The summed E-state index contributed by atoms with van der Waals surface area (Å²) in [6, 6.07) is 84.1. The molecular formula is C64H37NS. The summed E-state index contributed by atoms with van der Waals surface area (Å²) in [7, 11) is 0. The molecule has 15 aromatic rings. The molecule has 0 aliphatic rings. The van der Waals surface area contributed by atoms with Crippen LogP contribution in [-0.4, -0.2) is 4.57 Å². The average molecular weight is 852 g/mol. The molecule has 0 amide bonds. The molecule has 15 rings (SSSR count). The lowest BCUT2D eigenvalue weighted by Gasteiger charge is -2.14. The minimum atomic E-state index is 1.17. The zero-order valence-corrected chi connectivity index (χ0v) is 36.5. The molecule has 0 aliphatic heterocycles. The average Bonchev–Trinajstić information content (AvgIpc) is 3.94. The van der Waals surface area contributed by atoms with Gasteiger partial charge in [-0.3, -0.25) is 0 Å². The van der Waals surface area contributed by atoms with Gasteiger partial charge in [0, 0.05) is 47.4 Å². The molecule has 2 heterocycles. The lowest BCUT2D eigenvalue weighted by molar-refractivity contribution is 1.19. The second kappa shape index (κ2) is 13.6. The Hall–Kier alpha value is -8.30. The maximum Gasteiger partial charge on any atom is 0.0619 e. The molecule has 0 unspecified atom stereocenters. The fourth-order valence-electron chi connectivity index (χ4n) is 11.6. The van der Waals surface area contributed by atoms with Crippen molar-refractivity contribution in [3.63, 3.8) is 0 Å². The van der Waals surface area contributed by atoms with Crippen LogP contribution in [0.5, 0.6) is 0 Å². The molecule has 2 heteroatoms. The van der Waals surface area contributed by atoms with Crippen LogP contribution >= 0.6 is 11.3 Å². The van der Waals surface area contributed by atoms with Gasteiger partial charge < -0.3 is 4.57 Å². The van der Waals surface area contributed by atoms with Gasteiger partial charge in [-0.05, 0) is 141 Å². The molecule has 2 aromatic heterocycles. The van der Waals surface area contributed by atoms with Crippen molar-refractivity contribution in [2.75, 3.05) is 0 Å². The smallest absolute Gasteiger partial charge is 0.0619 e. The van der Waals surface area contributed by atoms with Gasteiger partial charge in [0.25, 0.3) is 0 Å². The number of hydrogen-bond donors (Lipinski definition) is 0. The number of aromatic nitrogens is 1. The van der Waals surface area contributed by atoms with Crippen molar-refractivity contribution < 1.29 is 0 Å². The zero-order valence-electron chi connectivity index (χ0n) is 35.7. The molecule has 0 radical (unpaired) electrons. The van der Waals surface area contributed by atoms with E-state index in [9.17, 15) is 0 Å². The van der Waals surface area contributed by atoms with Gasteiger partial charge in [0.15, 0.2) is 0 Å². The van der Waals surface area contributed by atoms with Crippen LogP contribution in [-0.2, 0) is 0 Å². The highest BCUT2D eigenvalue weighted by molar-refractivity contribution is 7.25. The molecule has 0 spiro atoms. The predicted molar refractivity (Wildman–Crippen MR) is 287 cm³/mol. The Morgan fingerprint density at radius 3 is 1.27 bits per heavy atom. The van der Waals surface area contributed by atoms with Crippen LogP contribution in [0.3, 0.4) is 0 Å². The van der Waals surface area contributed by atoms with E-state index >= 15 is 0 Å². The van der Waals surface area contributed by atoms with E-state index in [0.717, 1.165) is 0 Å². The summed E-state index contributed by atoms with van der Waals surface area (Å²) < 4.78 is 5.10. The SMILES string of the molecule is c1ccc(-n2c3ccc4c5ccccc5c5cc(-c6ccc7sc8ccc(-c9ccc%10c%11ccccc%11c%11ccccc%11c%10c9)cc8c7c6)ccc5c4c3c3ccc4ccccc4c32)cc1. The van der Waals surface area contributed by atoms with Crippen molar-refractivity contribution in [2.45, 2.75) is 0 Å². The second-order valence-corrected chi connectivity index (χ2v) is 19.0. The Morgan fingerprint density at radius 2 is 0.667 bits per heavy atom. The predicted octanol–water partition coefficient (Wildman–Crippen LogP) is 18.6. The Bertz CT molecular complexity index is 4530. The van der Waals surface area contributed by atoms with Crippen LogP contribution < -0.4 is 0 Å². The van der Waals surface area contributed by atoms with Gasteiger partial charge in [-0.25, -0.2) is 0 Å². The van der Waals surface area contributed by atoms with Crippen LogP contribution in [0.1, 0.15) is 0 Å². The van der Waals surface area contributed by atoms with Crippen LogP contribution in [0.2, 0.25) is 0 Å². The number of hydrogen-bond acceptors (Lipinski definition) is 1. The first kappa shape index (κ1) is 36.1. The summed E-state index contributed by atoms with van der Waals surface area (Å²) in [5.74, 6) is 0. The summed E-state index contributed by atoms with van der Waals surface area (Å²) in [5.41, 5.74) is 8.58. The molecule has 0 atom stereocenters. The molecule has 13 aromatic carbocycles. The Labute approximate surface area is 383 Å². The van der Waals surface area contributed by atoms with E-state index in [0.29, 0.717) is 0 Å². The van der Waals surface area contributed by atoms with Gasteiger partial charge in [0.1, 0.15) is 0 Å². The van der Waals surface area contributed by atoms with E-state index in [1.54, 1.807) is 0 Å². The van der Waals surface area contributed by atoms with Gasteiger partial charge in [0.2, 0.25) is 0 Å². The van der Waals surface area contributed by atoms with Gasteiger partial charge in [-0.2, -0.15) is 0 Å². The molecule has 66 heavy (non-hydrogen) atoms. The minimum Gasteiger partial charge on any atom is -0.309 e. The van der Waals surface area contributed by atoms with Crippen molar-refractivity contribution in [1.82, 2.24) is 4.57 Å². The van der Waals surface area contributed by atoms with E-state index in [1.807, 2.05) is 11.3 Å². The van der Waals surface area contributed by atoms with Crippen LogP contribution in [0, 0.1) is 0 Å². The third-order valence-electron chi connectivity index (χ3n) is 14.5. The van der Waals surface area contributed by atoms with Crippen molar-refractivity contribution >= 4 is 129 Å². The Balaban J connectivity index is 0.933. The van der Waals surface area contributed by atoms with E-state index in [2.05, 4.69) is 229 Å². The summed E-state index contributed by atoms with van der Waals surface area (Å²) in [6.07, 6.45) is 0. The summed E-state index contributed by atoms with van der Waals surface area (Å²) in [4.78, 5) is 0. The minimum absolute atomic E-state index is 1.17. The maximum atomic E-state index is 2.48. The highest BCUT2D eigenvalue weighted by Crippen LogP contribution is 2.47. The number of para-hydroxylation sites is 1. The maximum absolute atomic E-state index is 2.48. The lowest BCUT2D eigenvalue weighted by atomic mass is 9.89. The highest BCUT2D eigenvalue weighted by atomic mass is 32.1. The number of benzene rings is 13. The number of thiophene rings is 1. The quantitative estimate of drug-likeness (QED) is 0.156. The first-order valence-corrected chi connectivity index (χ1v) is 23.6. The van der Waals surface area contributed by atoms with Crippen LogP contribution in [0.25, 0.3) is 145 Å². The van der Waals surface area contributed by atoms with Crippen molar-refractivity contribution in [3.05, 3.63) is 224 Å². The standard InChI is InChI=1S/C64H37NS/c1-2-13-43(14-3-1)65-59-31-30-52-48-19-9-11-21-50(48)56-35-40(24-28-53(56)62(52)63(59)54-29-22-38-12-4-5-15-44(38)64(54)65)42-26-33-61-58(37-42)57-36-41(25-32-60(57)66-61)39-23-27-51-47-18-7-6-16-45(47)46-17-8-10-20-49(46)55(51)34-39/h1-37H. The summed E-state index contributed by atoms with van der Waals surface area (Å²) >= 11 is 1.88. The number of fused-ring (bicyclic) bond motifs is 21. The molecule has 0 fully saturated rings. The Morgan fingerprint density at radius 1 is 0.258 bits per heavy atom. The van der Waals surface area contributed by atoms with E-state index in [4.69, 9.17) is 0 Å². The molecule has 0 N–H and O–H groups in total. The van der Waals surface area contributed by atoms with Crippen molar-refractivity contribution in [1.29, 1.82) is 0 Å². The highest BCUT2D eigenvalue weighted by Gasteiger charge is 2.21. The fraction of sp³-hybridized carbons (Fsp3) is 0. The topological polar surface area (TPSA) is 4.93 Å². The third kappa shape index (κ3) is 5.05. The monoisotopic (exact) mass is 851 g/mol. The van der Waals surface area contributed by atoms with E-state index in [-0.39, 0.29) is 0 Å². The fourth-order valence-corrected chi connectivity index (χ4v) is 12.6. The normalized spacial score (nSPS) is 12.2. The van der Waals surface area contributed by atoms with Crippen LogP contribution in [0.4, 0.5) is 0 Å². The Kier molecular flexibility index (Phi) is 7.44. The molecule has 0 saturated heterocycles. The van der Waals surface area contributed by atoms with Crippen molar-refractivity contribution in [3.8, 4) is 27.9 Å². The van der Waals surface area contributed by atoms with Gasteiger partial charge in [-0.15, -0.1) is 11.3 Å². The molecule has 1 nitrogen and oxygen atoms in total. The van der Waals surface area contributed by atoms with Gasteiger partial charge >= 0.3 is 0 Å². The van der Waals surface area contributed by atoms with E-state index < -0.39 is 0 Å². The number of nitrogens with zero attached hydrogens (tertiary/aromatic N) is 1. The van der Waals surface area contributed by atoms with E-state index in [1.165, 1.54) is 145 Å². The largest absolute Gasteiger partial charge is 0.309 e.